The number of carboxylic acid groups (broad SMARTS) is 1. The maximum Gasteiger partial charge on any atom is 0.308 e. The molecule has 0 aliphatic carbocycles. The molecule has 5 heteroatoms. The van der Waals surface area contributed by atoms with Gasteiger partial charge in [-0.1, -0.05) is 34.6 Å². The maximum absolute atomic E-state index is 11.9. The van der Waals surface area contributed by atoms with Crippen molar-refractivity contribution in [1.29, 1.82) is 0 Å². The zero-order valence-corrected chi connectivity index (χ0v) is 14.2. The topological polar surface area (TPSA) is 92.4 Å². The molecule has 0 saturated carbocycles. The predicted molar refractivity (Wildman–Crippen MR) is 84.9 cm³/mol. The highest BCUT2D eigenvalue weighted by molar-refractivity contribution is 5.77. The summed E-state index contributed by atoms with van der Waals surface area (Å²) >= 11 is 0. The molecular formula is C16H32N2O3. The fraction of sp³-hybridized carbons (Fsp3) is 0.875. The van der Waals surface area contributed by atoms with E-state index in [1.54, 1.807) is 0 Å². The van der Waals surface area contributed by atoms with Crippen LogP contribution < -0.4 is 11.1 Å². The van der Waals surface area contributed by atoms with Crippen molar-refractivity contribution in [2.75, 3.05) is 13.1 Å². The Balaban J connectivity index is 4.23. The van der Waals surface area contributed by atoms with Crippen molar-refractivity contribution in [3.8, 4) is 0 Å². The van der Waals surface area contributed by atoms with Crippen LogP contribution in [0.25, 0.3) is 0 Å². The summed E-state index contributed by atoms with van der Waals surface area (Å²) in [5.41, 5.74) is 5.52. The third-order valence-electron chi connectivity index (χ3n) is 3.60. The highest BCUT2D eigenvalue weighted by Gasteiger charge is 2.25. The third-order valence-corrected chi connectivity index (χ3v) is 3.60. The number of aliphatic carboxylic acids is 1. The van der Waals surface area contributed by atoms with Crippen LogP contribution in [0.4, 0.5) is 0 Å². The Morgan fingerprint density at radius 2 is 1.71 bits per heavy atom. The van der Waals surface area contributed by atoms with Crippen LogP contribution in [0, 0.1) is 16.7 Å². The van der Waals surface area contributed by atoms with E-state index in [9.17, 15) is 14.7 Å². The van der Waals surface area contributed by atoms with E-state index >= 15 is 0 Å². The van der Waals surface area contributed by atoms with Crippen molar-refractivity contribution >= 4 is 11.9 Å². The quantitative estimate of drug-likeness (QED) is 0.609. The predicted octanol–water partition coefficient (Wildman–Crippen LogP) is 2.39. The molecule has 1 amide bonds. The number of carboxylic acids is 1. The Hall–Kier alpha value is -1.10. The molecule has 0 aromatic rings. The maximum atomic E-state index is 11.9. The minimum Gasteiger partial charge on any atom is -0.481 e. The van der Waals surface area contributed by atoms with E-state index in [1.165, 1.54) is 0 Å². The fourth-order valence-corrected chi connectivity index (χ4v) is 2.28. The summed E-state index contributed by atoms with van der Waals surface area (Å²) in [5, 5.41) is 12.0. The van der Waals surface area contributed by atoms with E-state index in [1.807, 2.05) is 20.8 Å². The number of hydrogen-bond acceptors (Lipinski definition) is 3. The summed E-state index contributed by atoms with van der Waals surface area (Å²) < 4.78 is 0. The molecule has 0 aliphatic rings. The van der Waals surface area contributed by atoms with Gasteiger partial charge in [0.15, 0.2) is 0 Å². The monoisotopic (exact) mass is 300 g/mol. The minimum absolute atomic E-state index is 0.0453. The lowest BCUT2D eigenvalue weighted by atomic mass is 9.84. The van der Waals surface area contributed by atoms with Gasteiger partial charge in [0.2, 0.25) is 5.91 Å². The van der Waals surface area contributed by atoms with Gasteiger partial charge in [-0.15, -0.1) is 0 Å². The largest absolute Gasteiger partial charge is 0.481 e. The van der Waals surface area contributed by atoms with Gasteiger partial charge in [0.1, 0.15) is 0 Å². The number of rotatable bonds is 9. The van der Waals surface area contributed by atoms with Gasteiger partial charge in [-0.25, -0.2) is 0 Å². The van der Waals surface area contributed by atoms with Crippen molar-refractivity contribution in [3.05, 3.63) is 0 Å². The summed E-state index contributed by atoms with van der Waals surface area (Å²) in [4.78, 5) is 23.1. The van der Waals surface area contributed by atoms with Crippen molar-refractivity contribution in [1.82, 2.24) is 5.32 Å². The number of nitrogens with two attached hydrogens (primary N) is 1. The smallest absolute Gasteiger partial charge is 0.308 e. The number of carbonyl (C=O) groups excluding carboxylic acids is 1. The molecule has 0 saturated heterocycles. The van der Waals surface area contributed by atoms with Gasteiger partial charge in [-0.05, 0) is 36.6 Å². The molecule has 0 radical (unpaired) electrons. The molecule has 4 N–H and O–H groups in total. The molecule has 0 spiro atoms. The average Bonchev–Trinajstić information content (AvgIpc) is 2.30. The standard InChI is InChI=1S/C16H32N2O3/c1-15(2,3)10-12(14(20)21)11-18-13(19)6-7-16(4,5)8-9-17/h12H,6-11,17H2,1-5H3,(H,18,19)(H,20,21). The van der Waals surface area contributed by atoms with Gasteiger partial charge < -0.3 is 16.2 Å². The molecule has 1 unspecified atom stereocenters. The van der Waals surface area contributed by atoms with Gasteiger partial charge in [-0.3, -0.25) is 9.59 Å². The van der Waals surface area contributed by atoms with Crippen LogP contribution in [0.2, 0.25) is 0 Å². The number of carbonyl (C=O) groups is 2. The van der Waals surface area contributed by atoms with Crippen LogP contribution in [-0.4, -0.2) is 30.1 Å². The molecule has 0 aromatic heterocycles. The SMILES string of the molecule is CC(C)(C)CC(CNC(=O)CCC(C)(C)CCN)C(=O)O. The molecule has 0 aromatic carbocycles. The van der Waals surface area contributed by atoms with E-state index in [0.717, 1.165) is 12.8 Å². The molecule has 0 fully saturated rings. The van der Waals surface area contributed by atoms with E-state index in [-0.39, 0.29) is 23.3 Å². The van der Waals surface area contributed by atoms with Crippen LogP contribution in [0.1, 0.15) is 60.3 Å². The van der Waals surface area contributed by atoms with Crippen molar-refractivity contribution in [2.24, 2.45) is 22.5 Å². The van der Waals surface area contributed by atoms with Crippen LogP contribution in [0.5, 0.6) is 0 Å². The van der Waals surface area contributed by atoms with Crippen molar-refractivity contribution < 1.29 is 14.7 Å². The molecule has 0 rings (SSSR count). The lowest BCUT2D eigenvalue weighted by Gasteiger charge is -2.25. The summed E-state index contributed by atoms with van der Waals surface area (Å²) in [7, 11) is 0. The van der Waals surface area contributed by atoms with Crippen LogP contribution >= 0.6 is 0 Å². The zero-order valence-electron chi connectivity index (χ0n) is 14.2. The second-order valence-electron chi connectivity index (χ2n) is 7.81. The summed E-state index contributed by atoms with van der Waals surface area (Å²) in [6.45, 7) is 11.0. The van der Waals surface area contributed by atoms with Gasteiger partial charge in [0.05, 0.1) is 5.92 Å². The number of hydrogen-bond donors (Lipinski definition) is 3. The summed E-state index contributed by atoms with van der Waals surface area (Å²) in [6, 6.07) is 0. The Morgan fingerprint density at radius 3 is 2.14 bits per heavy atom. The first kappa shape index (κ1) is 19.9. The van der Waals surface area contributed by atoms with E-state index < -0.39 is 11.9 Å². The Kier molecular flexibility index (Phi) is 7.93. The fourth-order valence-electron chi connectivity index (χ4n) is 2.28. The average molecular weight is 300 g/mol. The molecule has 0 heterocycles. The Labute approximate surface area is 128 Å². The van der Waals surface area contributed by atoms with Crippen LogP contribution in [-0.2, 0) is 9.59 Å². The molecule has 21 heavy (non-hydrogen) atoms. The van der Waals surface area contributed by atoms with Gasteiger partial charge in [0, 0.05) is 13.0 Å². The van der Waals surface area contributed by atoms with E-state index in [4.69, 9.17) is 5.73 Å². The lowest BCUT2D eigenvalue weighted by Crippen LogP contribution is -2.35. The molecular weight excluding hydrogens is 268 g/mol. The normalized spacial score (nSPS) is 13.8. The van der Waals surface area contributed by atoms with E-state index in [2.05, 4.69) is 19.2 Å². The van der Waals surface area contributed by atoms with Crippen molar-refractivity contribution in [3.63, 3.8) is 0 Å². The van der Waals surface area contributed by atoms with Gasteiger partial charge in [-0.2, -0.15) is 0 Å². The van der Waals surface area contributed by atoms with E-state index in [0.29, 0.717) is 19.4 Å². The second-order valence-corrected chi connectivity index (χ2v) is 7.81. The van der Waals surface area contributed by atoms with Crippen LogP contribution in [0.3, 0.4) is 0 Å². The molecule has 1 atom stereocenters. The first-order valence-electron chi connectivity index (χ1n) is 7.66. The van der Waals surface area contributed by atoms with Gasteiger partial charge in [0.25, 0.3) is 0 Å². The second kappa shape index (κ2) is 8.37. The number of nitrogens with one attached hydrogen (secondary N) is 1. The molecule has 5 nitrogen and oxygen atoms in total. The third kappa shape index (κ3) is 10.3. The molecule has 0 bridgehead atoms. The highest BCUT2D eigenvalue weighted by atomic mass is 16.4. The first-order chi connectivity index (χ1) is 9.47. The molecule has 0 aliphatic heterocycles. The van der Waals surface area contributed by atoms with Gasteiger partial charge >= 0.3 is 5.97 Å². The minimum atomic E-state index is -0.853. The highest BCUT2D eigenvalue weighted by Crippen LogP contribution is 2.26. The van der Waals surface area contributed by atoms with Crippen molar-refractivity contribution in [2.45, 2.75) is 60.3 Å². The molecule has 124 valence electrons. The summed E-state index contributed by atoms with van der Waals surface area (Å²) in [5.74, 6) is -1.47. The number of amides is 1. The Bertz CT molecular complexity index is 346. The Morgan fingerprint density at radius 1 is 1.14 bits per heavy atom. The summed E-state index contributed by atoms with van der Waals surface area (Å²) in [6.07, 6.45) is 2.59. The van der Waals surface area contributed by atoms with Crippen LogP contribution in [0.15, 0.2) is 0 Å². The lowest BCUT2D eigenvalue weighted by molar-refractivity contribution is -0.142. The first-order valence-corrected chi connectivity index (χ1v) is 7.66. The zero-order chi connectivity index (χ0) is 16.7.